The van der Waals surface area contributed by atoms with Crippen molar-refractivity contribution in [3.05, 3.63) is 71.2 Å². The van der Waals surface area contributed by atoms with Crippen molar-refractivity contribution in [2.45, 2.75) is 19.5 Å². The number of benzene rings is 2. The van der Waals surface area contributed by atoms with Crippen molar-refractivity contribution in [2.75, 3.05) is 7.05 Å². The Labute approximate surface area is 162 Å². The van der Waals surface area contributed by atoms with Gasteiger partial charge < -0.3 is 10.2 Å². The fourth-order valence-corrected chi connectivity index (χ4v) is 3.68. The van der Waals surface area contributed by atoms with Crippen LogP contribution in [0.5, 0.6) is 0 Å². The molecule has 0 saturated carbocycles. The average molecular weight is 379 g/mol. The van der Waals surface area contributed by atoms with Crippen LogP contribution in [-0.2, 0) is 16.1 Å². The van der Waals surface area contributed by atoms with E-state index in [4.69, 9.17) is 0 Å². The summed E-state index contributed by atoms with van der Waals surface area (Å²) in [5, 5.41) is 3.58. The van der Waals surface area contributed by atoms with Gasteiger partial charge in [-0.1, -0.05) is 42.5 Å². The molecule has 0 radical (unpaired) electrons. The van der Waals surface area contributed by atoms with E-state index in [1.165, 1.54) is 6.08 Å². The molecule has 1 atom stereocenters. The van der Waals surface area contributed by atoms with Gasteiger partial charge in [-0.2, -0.15) is 0 Å². The highest BCUT2D eigenvalue weighted by atomic mass is 32.1. The number of carbonyl (C=O) groups is 2. The van der Waals surface area contributed by atoms with Crippen LogP contribution in [0.2, 0.25) is 0 Å². The molecule has 5 nitrogen and oxygen atoms in total. The second-order valence-corrected chi connectivity index (χ2v) is 7.36. The number of hydrogen-bond donors (Lipinski definition) is 1. The quantitative estimate of drug-likeness (QED) is 0.667. The van der Waals surface area contributed by atoms with Gasteiger partial charge in [0, 0.05) is 13.1 Å². The van der Waals surface area contributed by atoms with Crippen LogP contribution in [0.4, 0.5) is 0 Å². The van der Waals surface area contributed by atoms with Crippen molar-refractivity contribution >= 4 is 39.4 Å². The van der Waals surface area contributed by atoms with Gasteiger partial charge in [-0.25, -0.2) is 4.98 Å². The van der Waals surface area contributed by atoms with Gasteiger partial charge in [0.05, 0.1) is 16.8 Å². The molecule has 3 aromatic rings. The number of carbonyl (C=O) groups excluding carboxylic acids is 2. The van der Waals surface area contributed by atoms with Crippen molar-refractivity contribution in [2.24, 2.45) is 0 Å². The maximum Gasteiger partial charge on any atom is 0.244 e. The molecule has 0 bridgehead atoms. The van der Waals surface area contributed by atoms with Gasteiger partial charge in [-0.15, -0.1) is 11.3 Å². The summed E-state index contributed by atoms with van der Waals surface area (Å²) in [4.78, 5) is 30.7. The normalized spacial score (nSPS) is 12.2. The molecule has 1 aromatic heterocycles. The zero-order valence-electron chi connectivity index (χ0n) is 15.3. The van der Waals surface area contributed by atoms with Gasteiger partial charge in [0.1, 0.15) is 11.0 Å². The molecule has 0 fully saturated rings. The Bertz CT molecular complexity index is 933. The molecule has 0 unspecified atom stereocenters. The van der Waals surface area contributed by atoms with Gasteiger partial charge in [0.15, 0.2) is 0 Å². The van der Waals surface area contributed by atoms with E-state index >= 15 is 0 Å². The highest BCUT2D eigenvalue weighted by Gasteiger charge is 2.19. The predicted molar refractivity (Wildman–Crippen MR) is 109 cm³/mol. The van der Waals surface area contributed by atoms with E-state index in [0.717, 1.165) is 20.8 Å². The minimum Gasteiger partial charge on any atom is -0.341 e. The average Bonchev–Trinajstić information content (AvgIpc) is 3.08. The van der Waals surface area contributed by atoms with Crippen LogP contribution in [0.3, 0.4) is 0 Å². The van der Waals surface area contributed by atoms with Crippen LogP contribution in [0.1, 0.15) is 17.5 Å². The minimum atomic E-state index is -0.614. The smallest absolute Gasteiger partial charge is 0.244 e. The molecular formula is C21H21N3O2S. The highest BCUT2D eigenvalue weighted by molar-refractivity contribution is 7.18. The maximum absolute atomic E-state index is 12.5. The number of para-hydroxylation sites is 1. The second kappa shape index (κ2) is 8.60. The number of nitrogens with zero attached hydrogens (tertiary/aromatic N) is 2. The lowest BCUT2D eigenvalue weighted by atomic mass is 10.2. The number of fused-ring (bicyclic) bond motifs is 1. The number of aromatic nitrogens is 1. The third-order valence-electron chi connectivity index (χ3n) is 4.04. The van der Waals surface area contributed by atoms with Crippen LogP contribution in [0.25, 0.3) is 16.3 Å². The zero-order chi connectivity index (χ0) is 19.2. The Balaban J connectivity index is 1.55. The summed E-state index contributed by atoms with van der Waals surface area (Å²) in [7, 11) is 1.72. The van der Waals surface area contributed by atoms with Gasteiger partial charge in [0.25, 0.3) is 0 Å². The first kappa shape index (κ1) is 18.8. The minimum absolute atomic E-state index is 0.157. The summed E-state index contributed by atoms with van der Waals surface area (Å²) in [6, 6.07) is 16.8. The first-order chi connectivity index (χ1) is 13.0. The molecule has 0 spiro atoms. The Morgan fingerprint density at radius 1 is 1.15 bits per heavy atom. The lowest BCUT2D eigenvalue weighted by molar-refractivity contribution is -0.134. The van der Waals surface area contributed by atoms with E-state index in [-0.39, 0.29) is 11.8 Å². The van der Waals surface area contributed by atoms with Crippen LogP contribution in [0.15, 0.2) is 60.7 Å². The number of rotatable bonds is 6. The number of nitrogens with one attached hydrogen (secondary N) is 1. The molecule has 0 aliphatic rings. The molecule has 1 N–H and O–H groups in total. The third kappa shape index (κ3) is 5.01. The standard InChI is InChI=1S/C21H21N3O2S/c1-15(22-19(25)13-12-16-8-4-3-5-9-16)21(26)24(2)14-20-23-17-10-6-7-11-18(17)27-20/h3-13,15H,14H2,1-2H3,(H,22,25)/b13-12+/t15-/m0/s1. The lowest BCUT2D eigenvalue weighted by Crippen LogP contribution is -2.44. The molecule has 6 heteroatoms. The van der Waals surface area contributed by atoms with E-state index < -0.39 is 6.04 Å². The van der Waals surface area contributed by atoms with Crippen molar-refractivity contribution in [3.8, 4) is 0 Å². The lowest BCUT2D eigenvalue weighted by Gasteiger charge is -2.20. The topological polar surface area (TPSA) is 62.3 Å². The van der Waals surface area contributed by atoms with E-state index in [0.29, 0.717) is 6.54 Å². The zero-order valence-corrected chi connectivity index (χ0v) is 16.1. The van der Waals surface area contributed by atoms with Crippen LogP contribution in [-0.4, -0.2) is 34.8 Å². The van der Waals surface area contributed by atoms with Crippen molar-refractivity contribution in [1.82, 2.24) is 15.2 Å². The van der Waals surface area contributed by atoms with Gasteiger partial charge in [-0.05, 0) is 30.7 Å². The molecule has 0 saturated heterocycles. The largest absolute Gasteiger partial charge is 0.341 e. The van der Waals surface area contributed by atoms with Crippen molar-refractivity contribution < 1.29 is 9.59 Å². The first-order valence-corrected chi connectivity index (χ1v) is 9.47. The van der Waals surface area contributed by atoms with E-state index in [9.17, 15) is 9.59 Å². The third-order valence-corrected chi connectivity index (χ3v) is 5.06. The summed E-state index contributed by atoms with van der Waals surface area (Å²) < 4.78 is 1.10. The summed E-state index contributed by atoms with van der Waals surface area (Å²) >= 11 is 1.57. The molecule has 2 aromatic carbocycles. The fraction of sp³-hybridized carbons (Fsp3) is 0.190. The molecular weight excluding hydrogens is 358 g/mol. The van der Waals surface area contributed by atoms with Crippen LogP contribution in [0, 0.1) is 0 Å². The molecule has 0 aliphatic heterocycles. The molecule has 1 heterocycles. The maximum atomic E-state index is 12.5. The van der Waals surface area contributed by atoms with Crippen LogP contribution < -0.4 is 5.32 Å². The fourth-order valence-electron chi connectivity index (χ4n) is 2.66. The Morgan fingerprint density at radius 3 is 2.59 bits per heavy atom. The Kier molecular flexibility index (Phi) is 5.98. The highest BCUT2D eigenvalue weighted by Crippen LogP contribution is 2.22. The second-order valence-electron chi connectivity index (χ2n) is 6.24. The van der Waals surface area contributed by atoms with Gasteiger partial charge in [0.2, 0.25) is 11.8 Å². The number of likely N-dealkylation sites (N-methyl/N-ethyl adjacent to an activating group) is 1. The SMILES string of the molecule is C[C@H](NC(=O)/C=C/c1ccccc1)C(=O)N(C)Cc1nc2ccccc2s1. The predicted octanol–water partition coefficient (Wildman–Crippen LogP) is 3.47. The van der Waals surface area contributed by atoms with E-state index in [1.807, 2.05) is 54.6 Å². The summed E-state index contributed by atoms with van der Waals surface area (Å²) in [6.07, 6.45) is 3.16. The van der Waals surface area contributed by atoms with E-state index in [1.54, 1.807) is 36.3 Å². The molecule has 2 amide bonds. The van der Waals surface area contributed by atoms with Crippen molar-refractivity contribution in [3.63, 3.8) is 0 Å². The number of thiazole rings is 1. The van der Waals surface area contributed by atoms with Gasteiger partial charge in [-0.3, -0.25) is 9.59 Å². The monoisotopic (exact) mass is 379 g/mol. The summed E-state index contributed by atoms with van der Waals surface area (Å²) in [6.45, 7) is 2.10. The summed E-state index contributed by atoms with van der Waals surface area (Å²) in [5.41, 5.74) is 1.87. The van der Waals surface area contributed by atoms with Crippen LogP contribution >= 0.6 is 11.3 Å². The van der Waals surface area contributed by atoms with E-state index in [2.05, 4.69) is 10.3 Å². The van der Waals surface area contributed by atoms with Gasteiger partial charge >= 0.3 is 0 Å². The number of amides is 2. The Hall–Kier alpha value is -2.99. The van der Waals surface area contributed by atoms with Crippen molar-refractivity contribution in [1.29, 1.82) is 0 Å². The first-order valence-electron chi connectivity index (χ1n) is 8.66. The Morgan fingerprint density at radius 2 is 1.85 bits per heavy atom. The number of hydrogen-bond acceptors (Lipinski definition) is 4. The molecule has 138 valence electrons. The molecule has 27 heavy (non-hydrogen) atoms. The summed E-state index contributed by atoms with van der Waals surface area (Å²) in [5.74, 6) is -0.455. The molecule has 3 rings (SSSR count). The molecule has 0 aliphatic carbocycles.